The smallest absolute Gasteiger partial charge is 0.462 e. The number of aliphatic hydroxyl groups is 11. The molecule has 18 atom stereocenters. The molecule has 0 bridgehead atoms. The van der Waals surface area contributed by atoms with Crippen molar-refractivity contribution >= 4 is 19.8 Å². The van der Waals surface area contributed by atoms with Crippen molar-refractivity contribution in [3.63, 3.8) is 0 Å². The normalized spacial score (nSPS) is 31.0. The number of aliphatic hydroxyl groups excluding tert-OH is 11. The highest BCUT2D eigenvalue weighted by molar-refractivity contribution is 7.47. The van der Waals surface area contributed by atoms with Crippen molar-refractivity contribution in [1.29, 1.82) is 0 Å². The first-order chi connectivity index (χ1) is 38.9. The van der Waals surface area contributed by atoms with Gasteiger partial charge in [0.2, 0.25) is 0 Å². The minimum Gasteiger partial charge on any atom is -0.462 e. The average Bonchev–Trinajstić information content (AvgIpc) is 3.48. The number of carbonyl (C=O) groups is 2. The van der Waals surface area contributed by atoms with E-state index >= 15 is 0 Å². The number of hydrogen-bond acceptors (Lipinski definition) is 22. The van der Waals surface area contributed by atoms with E-state index < -0.39 is 150 Å². The Labute approximate surface area is 480 Å². The molecule has 81 heavy (non-hydrogen) atoms. The minimum atomic E-state index is -5.64. The largest absolute Gasteiger partial charge is 0.472 e. The van der Waals surface area contributed by atoms with E-state index in [1.807, 2.05) is 0 Å². The Bertz CT molecular complexity index is 1660. The fourth-order valence-electron chi connectivity index (χ4n) is 10.2. The quantitative estimate of drug-likeness (QED) is 0.0170. The summed E-state index contributed by atoms with van der Waals surface area (Å²) in [4.78, 5) is 37.5. The molecular weight excluding hydrogens is 1080 g/mol. The van der Waals surface area contributed by atoms with Gasteiger partial charge in [0, 0.05) is 12.8 Å². The van der Waals surface area contributed by atoms with Crippen LogP contribution in [-0.4, -0.2) is 204 Å². The Morgan fingerprint density at radius 3 is 1.21 bits per heavy atom. The van der Waals surface area contributed by atoms with E-state index in [4.69, 9.17) is 37.5 Å². The molecule has 3 fully saturated rings. The summed E-state index contributed by atoms with van der Waals surface area (Å²) in [6.45, 7) is 1.01. The molecule has 0 spiro atoms. The molecule has 1 aliphatic carbocycles. The van der Waals surface area contributed by atoms with E-state index in [1.54, 1.807) is 0 Å². The Morgan fingerprint density at radius 2 is 0.815 bits per heavy atom. The zero-order valence-corrected chi connectivity index (χ0v) is 49.2. The highest BCUT2D eigenvalue weighted by atomic mass is 31.2. The molecule has 3 aliphatic rings. The van der Waals surface area contributed by atoms with Gasteiger partial charge in [-0.25, -0.2) is 4.57 Å². The van der Waals surface area contributed by atoms with Crippen molar-refractivity contribution in [3.8, 4) is 0 Å². The van der Waals surface area contributed by atoms with Gasteiger partial charge in [-0.2, -0.15) is 0 Å². The maximum absolute atomic E-state index is 14.0. The van der Waals surface area contributed by atoms with E-state index in [0.29, 0.717) is 12.8 Å². The Hall–Kier alpha value is -1.81. The van der Waals surface area contributed by atoms with Crippen molar-refractivity contribution in [1.82, 2.24) is 0 Å². The molecule has 12 N–H and O–H groups in total. The summed E-state index contributed by atoms with van der Waals surface area (Å²) < 4.78 is 58.2. The Morgan fingerprint density at radius 1 is 0.457 bits per heavy atom. The molecule has 0 aromatic heterocycles. The molecule has 1 saturated carbocycles. The second-order valence-electron chi connectivity index (χ2n) is 22.2. The number of phosphoric ester groups is 1. The van der Waals surface area contributed by atoms with Gasteiger partial charge in [0.15, 0.2) is 18.7 Å². The molecule has 3 rings (SSSR count). The fraction of sp³-hybridized carbons (Fsp3) is 0.930. The molecule has 23 nitrogen and oxygen atoms in total. The lowest BCUT2D eigenvalue weighted by atomic mass is 9.84. The van der Waals surface area contributed by atoms with Crippen LogP contribution in [0, 0.1) is 0 Å². The molecule has 0 aromatic rings. The second kappa shape index (κ2) is 42.1. The molecule has 0 amide bonds. The van der Waals surface area contributed by atoms with E-state index in [9.17, 15) is 75.2 Å². The summed E-state index contributed by atoms with van der Waals surface area (Å²) in [5.41, 5.74) is 0. The van der Waals surface area contributed by atoms with Crippen LogP contribution in [0.3, 0.4) is 0 Å². The lowest BCUT2D eigenvalue weighted by Gasteiger charge is -2.49. The zero-order chi connectivity index (χ0) is 59.6. The standard InChI is InChI=1S/C57H105O23P/c1-3-5-7-9-11-13-15-17-19-21-23-25-27-29-31-33-42(60)73-37-39(75-43(61)34-32-30-28-26-24-22-20-18-16-14-12-10-8-6-4-2)38-74-81(71,72)80-55-53(78-56-51(69)46(64)44(62)40(35-58)76-56)49(67)48(66)50(68)54(55)79-57-52(70)47(65)45(63)41(36-59)77-57/h17,19,39-41,44-59,62-70H,3-16,18,20-38H2,1-2H3,(H,71,72)/b19-17-/t39-,40?,41?,44-,45+,46?,47?,48?,49?,50?,51-,52+,53-,54?,55?,56-,57+/m1/s1. The number of esters is 2. The molecule has 2 aliphatic heterocycles. The van der Waals surface area contributed by atoms with Crippen LogP contribution in [0.5, 0.6) is 0 Å². The molecule has 0 aromatic carbocycles. The summed E-state index contributed by atoms with van der Waals surface area (Å²) in [6, 6.07) is 0. The van der Waals surface area contributed by atoms with Gasteiger partial charge in [-0.15, -0.1) is 0 Å². The molecule has 476 valence electrons. The number of carbonyl (C=O) groups excluding carboxylic acids is 2. The van der Waals surface area contributed by atoms with Gasteiger partial charge in [0.25, 0.3) is 0 Å². The third kappa shape index (κ3) is 27.6. The molecule has 2 saturated heterocycles. The van der Waals surface area contributed by atoms with Crippen molar-refractivity contribution in [2.75, 3.05) is 26.4 Å². The third-order valence-electron chi connectivity index (χ3n) is 15.3. The summed E-state index contributed by atoms with van der Waals surface area (Å²) in [7, 11) is -5.64. The van der Waals surface area contributed by atoms with E-state index in [-0.39, 0.29) is 12.8 Å². The summed E-state index contributed by atoms with van der Waals surface area (Å²) in [6.07, 6.45) is 0.398. The van der Waals surface area contributed by atoms with E-state index in [0.717, 1.165) is 70.6 Å². The lowest BCUT2D eigenvalue weighted by Crippen LogP contribution is -2.69. The predicted octanol–water partition coefficient (Wildman–Crippen LogP) is 4.71. The van der Waals surface area contributed by atoms with Crippen LogP contribution in [0.15, 0.2) is 12.2 Å². The zero-order valence-electron chi connectivity index (χ0n) is 48.3. The van der Waals surface area contributed by atoms with Gasteiger partial charge in [0.05, 0.1) is 19.8 Å². The molecular formula is C57H105O23P. The lowest BCUT2D eigenvalue weighted by molar-refractivity contribution is -0.360. The first-order valence-electron chi connectivity index (χ1n) is 30.5. The maximum Gasteiger partial charge on any atom is 0.472 e. The molecule has 2 heterocycles. The fourth-order valence-corrected chi connectivity index (χ4v) is 11.2. The van der Waals surface area contributed by atoms with Gasteiger partial charge in [0.1, 0.15) is 92.1 Å². The van der Waals surface area contributed by atoms with Gasteiger partial charge in [-0.05, 0) is 38.5 Å². The maximum atomic E-state index is 14.0. The number of hydrogen-bond donors (Lipinski definition) is 12. The summed E-state index contributed by atoms with van der Waals surface area (Å²) in [5.74, 6) is -1.33. The predicted molar refractivity (Wildman–Crippen MR) is 296 cm³/mol. The Kier molecular flexibility index (Phi) is 38.2. The van der Waals surface area contributed by atoms with E-state index in [2.05, 4.69) is 26.0 Å². The first-order valence-corrected chi connectivity index (χ1v) is 32.0. The highest BCUT2D eigenvalue weighted by Gasteiger charge is 2.58. The van der Waals surface area contributed by atoms with Crippen molar-refractivity contribution < 1.29 is 113 Å². The van der Waals surface area contributed by atoms with Crippen LogP contribution in [0.2, 0.25) is 0 Å². The topological polar surface area (TPSA) is 368 Å². The summed E-state index contributed by atoms with van der Waals surface area (Å²) >= 11 is 0. The van der Waals surface area contributed by atoms with Gasteiger partial charge in [-0.3, -0.25) is 18.6 Å². The third-order valence-corrected chi connectivity index (χ3v) is 16.3. The molecule has 0 radical (unpaired) electrons. The number of allylic oxidation sites excluding steroid dienone is 2. The SMILES string of the molecule is CCCCCCCC/C=C\CCCCCCCC(=O)OC[C@H](COP(=O)(O)OC1C(O[C@@H]2OC(CO)[C@H](O)C(O)[C@@H]2O)C(O)C(O)C(O)[C@H]1O[C@H]1OC(CO)[C@@H](O)C(O)[C@H]1O)OC(=O)CCCCCCCCCCCCCCCCC. The van der Waals surface area contributed by atoms with Gasteiger partial charge < -0.3 is 89.5 Å². The van der Waals surface area contributed by atoms with Crippen molar-refractivity contribution in [2.24, 2.45) is 0 Å². The van der Waals surface area contributed by atoms with Crippen LogP contribution in [-0.2, 0) is 51.6 Å². The van der Waals surface area contributed by atoms with Crippen molar-refractivity contribution in [2.45, 2.75) is 311 Å². The van der Waals surface area contributed by atoms with Crippen LogP contribution in [0.1, 0.15) is 206 Å². The Balaban J connectivity index is 1.69. The second-order valence-corrected chi connectivity index (χ2v) is 23.6. The van der Waals surface area contributed by atoms with Crippen LogP contribution in [0.4, 0.5) is 0 Å². The van der Waals surface area contributed by atoms with Gasteiger partial charge >= 0.3 is 19.8 Å². The first kappa shape index (κ1) is 73.4. The number of ether oxygens (including phenoxy) is 6. The molecule has 10 unspecified atom stereocenters. The van der Waals surface area contributed by atoms with Crippen LogP contribution in [0.25, 0.3) is 0 Å². The number of phosphoric acid groups is 1. The average molecular weight is 1190 g/mol. The minimum absolute atomic E-state index is 0.0287. The highest BCUT2D eigenvalue weighted by Crippen LogP contribution is 2.49. The number of rotatable bonds is 45. The molecule has 24 heteroatoms. The van der Waals surface area contributed by atoms with E-state index in [1.165, 1.54) is 96.3 Å². The number of unbranched alkanes of at least 4 members (excludes halogenated alkanes) is 25. The summed E-state index contributed by atoms with van der Waals surface area (Å²) in [5, 5.41) is 117. The van der Waals surface area contributed by atoms with Gasteiger partial charge in [-0.1, -0.05) is 167 Å². The van der Waals surface area contributed by atoms with Crippen LogP contribution >= 0.6 is 7.82 Å². The monoisotopic (exact) mass is 1190 g/mol. The van der Waals surface area contributed by atoms with Crippen molar-refractivity contribution in [3.05, 3.63) is 12.2 Å². The van der Waals surface area contributed by atoms with Crippen LogP contribution < -0.4 is 0 Å².